The molecule has 2 rings (SSSR count). The lowest BCUT2D eigenvalue weighted by Crippen LogP contribution is -2.36. The smallest absolute Gasteiger partial charge is 0.297 e. The Morgan fingerprint density at radius 2 is 2.14 bits per heavy atom. The molecule has 5 nitrogen and oxygen atoms in total. The van der Waals surface area contributed by atoms with Crippen LogP contribution in [0.4, 0.5) is 6.01 Å². The maximum absolute atomic E-state index is 8.96. The van der Waals surface area contributed by atoms with E-state index in [2.05, 4.69) is 4.98 Å². The van der Waals surface area contributed by atoms with Crippen LogP contribution in [0.25, 0.3) is 0 Å². The number of hydrogen-bond acceptors (Lipinski definition) is 5. The summed E-state index contributed by atoms with van der Waals surface area (Å²) in [7, 11) is 0. The zero-order chi connectivity index (χ0) is 9.97. The molecule has 14 heavy (non-hydrogen) atoms. The molecular formula is C9H14N2O3. The second kappa shape index (κ2) is 3.98. The molecule has 0 amide bonds. The van der Waals surface area contributed by atoms with E-state index in [4.69, 9.17) is 14.3 Å². The van der Waals surface area contributed by atoms with E-state index in [1.807, 2.05) is 11.8 Å². The molecule has 1 aromatic rings. The number of anilines is 1. The first-order chi connectivity index (χ1) is 6.81. The van der Waals surface area contributed by atoms with E-state index >= 15 is 0 Å². The van der Waals surface area contributed by atoms with Gasteiger partial charge in [0.1, 0.15) is 11.5 Å². The first-order valence-corrected chi connectivity index (χ1v) is 4.71. The van der Waals surface area contributed by atoms with Gasteiger partial charge in [-0.1, -0.05) is 0 Å². The third-order valence-corrected chi connectivity index (χ3v) is 2.31. The van der Waals surface area contributed by atoms with E-state index < -0.39 is 0 Å². The fraction of sp³-hybridized carbons (Fsp3) is 0.667. The number of ether oxygens (including phenoxy) is 1. The van der Waals surface area contributed by atoms with Crippen LogP contribution in [-0.2, 0) is 11.3 Å². The maximum atomic E-state index is 8.96. The van der Waals surface area contributed by atoms with Crippen molar-refractivity contribution in [2.24, 2.45) is 0 Å². The number of aromatic nitrogens is 1. The molecule has 1 aromatic heterocycles. The third-order valence-electron chi connectivity index (χ3n) is 2.31. The van der Waals surface area contributed by atoms with Crippen LogP contribution in [-0.4, -0.2) is 36.4 Å². The number of nitrogens with zero attached hydrogens (tertiary/aromatic N) is 2. The summed E-state index contributed by atoms with van der Waals surface area (Å²) in [6.07, 6.45) is 0. The first kappa shape index (κ1) is 9.48. The highest BCUT2D eigenvalue weighted by atomic mass is 16.5. The number of aliphatic hydroxyl groups excluding tert-OH is 1. The number of aryl methyl sites for hydroxylation is 1. The van der Waals surface area contributed by atoms with Crippen LogP contribution in [0.15, 0.2) is 4.42 Å². The number of hydrogen-bond donors (Lipinski definition) is 1. The fourth-order valence-corrected chi connectivity index (χ4v) is 1.45. The minimum atomic E-state index is -0.0698. The highest BCUT2D eigenvalue weighted by Gasteiger charge is 2.17. The zero-order valence-electron chi connectivity index (χ0n) is 8.19. The molecule has 2 heterocycles. The van der Waals surface area contributed by atoms with Gasteiger partial charge in [-0.15, -0.1) is 0 Å². The minimum absolute atomic E-state index is 0.0698. The summed E-state index contributed by atoms with van der Waals surface area (Å²) >= 11 is 0. The Bertz CT molecular complexity index is 305. The second-order valence-electron chi connectivity index (χ2n) is 3.26. The van der Waals surface area contributed by atoms with Crippen molar-refractivity contribution in [3.63, 3.8) is 0 Å². The summed E-state index contributed by atoms with van der Waals surface area (Å²) in [4.78, 5) is 6.23. The molecule has 1 aliphatic rings. The summed E-state index contributed by atoms with van der Waals surface area (Å²) < 4.78 is 10.7. The normalized spacial score (nSPS) is 17.4. The Balaban J connectivity index is 2.14. The van der Waals surface area contributed by atoms with Crippen molar-refractivity contribution in [3.8, 4) is 0 Å². The molecule has 0 spiro atoms. The number of oxazole rings is 1. The van der Waals surface area contributed by atoms with Gasteiger partial charge < -0.3 is 19.2 Å². The minimum Gasteiger partial charge on any atom is -0.429 e. The van der Waals surface area contributed by atoms with Gasteiger partial charge in [0.15, 0.2) is 0 Å². The van der Waals surface area contributed by atoms with Gasteiger partial charge >= 0.3 is 0 Å². The zero-order valence-corrected chi connectivity index (χ0v) is 8.19. The van der Waals surface area contributed by atoms with E-state index in [0.29, 0.717) is 30.7 Å². The monoisotopic (exact) mass is 198 g/mol. The lowest BCUT2D eigenvalue weighted by molar-refractivity contribution is 0.120. The summed E-state index contributed by atoms with van der Waals surface area (Å²) in [5.41, 5.74) is 0.617. The predicted octanol–water partition coefficient (Wildman–Crippen LogP) is 0.312. The average molecular weight is 198 g/mol. The van der Waals surface area contributed by atoms with Crippen LogP contribution >= 0.6 is 0 Å². The van der Waals surface area contributed by atoms with Gasteiger partial charge in [-0.3, -0.25) is 0 Å². The average Bonchev–Trinajstić information content (AvgIpc) is 2.61. The molecule has 1 aliphatic heterocycles. The molecule has 5 heteroatoms. The summed E-state index contributed by atoms with van der Waals surface area (Å²) in [6, 6.07) is 0.592. The van der Waals surface area contributed by atoms with Gasteiger partial charge in [0.05, 0.1) is 19.8 Å². The van der Waals surface area contributed by atoms with Crippen LogP contribution in [0.1, 0.15) is 11.5 Å². The van der Waals surface area contributed by atoms with Crippen LogP contribution in [0.5, 0.6) is 0 Å². The van der Waals surface area contributed by atoms with Crippen molar-refractivity contribution >= 4 is 6.01 Å². The Morgan fingerprint density at radius 1 is 1.43 bits per heavy atom. The molecule has 1 saturated heterocycles. The lowest BCUT2D eigenvalue weighted by Gasteiger charge is -2.24. The predicted molar refractivity (Wildman–Crippen MR) is 50.2 cm³/mol. The molecule has 0 atom stereocenters. The van der Waals surface area contributed by atoms with E-state index in [-0.39, 0.29) is 6.61 Å². The van der Waals surface area contributed by atoms with Gasteiger partial charge in [0.2, 0.25) is 0 Å². The van der Waals surface area contributed by atoms with Crippen LogP contribution in [0.2, 0.25) is 0 Å². The van der Waals surface area contributed by atoms with Gasteiger partial charge in [-0.25, -0.2) is 0 Å². The largest absolute Gasteiger partial charge is 0.429 e. The van der Waals surface area contributed by atoms with Crippen molar-refractivity contribution in [3.05, 3.63) is 11.5 Å². The SMILES string of the molecule is Cc1oc(N2CCOCC2)nc1CO. The van der Waals surface area contributed by atoms with Crippen LogP contribution in [0.3, 0.4) is 0 Å². The summed E-state index contributed by atoms with van der Waals surface area (Å²) in [5.74, 6) is 0.689. The number of aliphatic hydroxyl groups is 1. The molecule has 0 radical (unpaired) electrons. The Kier molecular flexibility index (Phi) is 2.69. The number of rotatable bonds is 2. The second-order valence-corrected chi connectivity index (χ2v) is 3.26. The summed E-state index contributed by atoms with van der Waals surface area (Å²) in [5, 5.41) is 8.96. The molecule has 0 unspecified atom stereocenters. The number of morpholine rings is 1. The maximum Gasteiger partial charge on any atom is 0.297 e. The van der Waals surface area contributed by atoms with Crippen molar-refractivity contribution in [1.82, 2.24) is 4.98 Å². The van der Waals surface area contributed by atoms with Crippen molar-refractivity contribution in [2.45, 2.75) is 13.5 Å². The van der Waals surface area contributed by atoms with E-state index in [1.165, 1.54) is 0 Å². The van der Waals surface area contributed by atoms with Gasteiger partial charge in [0, 0.05) is 13.1 Å². The molecular weight excluding hydrogens is 184 g/mol. The van der Waals surface area contributed by atoms with E-state index in [0.717, 1.165) is 13.1 Å². The highest BCUT2D eigenvalue weighted by molar-refractivity contribution is 5.29. The molecule has 0 aromatic carbocycles. The first-order valence-electron chi connectivity index (χ1n) is 4.71. The topological polar surface area (TPSA) is 58.7 Å². The quantitative estimate of drug-likeness (QED) is 0.741. The Hall–Kier alpha value is -1.07. The molecule has 0 aliphatic carbocycles. The van der Waals surface area contributed by atoms with Crippen molar-refractivity contribution < 1.29 is 14.3 Å². The van der Waals surface area contributed by atoms with E-state index in [9.17, 15) is 0 Å². The van der Waals surface area contributed by atoms with Gasteiger partial charge in [-0.05, 0) is 6.92 Å². The third kappa shape index (κ3) is 1.73. The van der Waals surface area contributed by atoms with Crippen molar-refractivity contribution in [2.75, 3.05) is 31.2 Å². The molecule has 78 valence electrons. The summed E-state index contributed by atoms with van der Waals surface area (Å²) in [6.45, 7) is 4.74. The standard InChI is InChI=1S/C9H14N2O3/c1-7-8(6-12)10-9(14-7)11-2-4-13-5-3-11/h12H,2-6H2,1H3. The Labute approximate surface area is 82.3 Å². The van der Waals surface area contributed by atoms with Gasteiger partial charge in [0.25, 0.3) is 6.01 Å². The van der Waals surface area contributed by atoms with Crippen LogP contribution in [0, 0.1) is 6.92 Å². The van der Waals surface area contributed by atoms with Crippen LogP contribution < -0.4 is 4.90 Å². The van der Waals surface area contributed by atoms with E-state index in [1.54, 1.807) is 0 Å². The molecule has 0 bridgehead atoms. The Morgan fingerprint density at radius 3 is 2.71 bits per heavy atom. The van der Waals surface area contributed by atoms with Gasteiger partial charge in [-0.2, -0.15) is 4.98 Å². The molecule has 0 saturated carbocycles. The van der Waals surface area contributed by atoms with Crippen molar-refractivity contribution in [1.29, 1.82) is 0 Å². The molecule has 1 fully saturated rings. The highest BCUT2D eigenvalue weighted by Crippen LogP contribution is 2.19. The molecule has 1 N–H and O–H groups in total. The lowest BCUT2D eigenvalue weighted by atomic mass is 10.4. The fourth-order valence-electron chi connectivity index (χ4n) is 1.45.